The lowest BCUT2D eigenvalue weighted by molar-refractivity contribution is -0.138. The van der Waals surface area contributed by atoms with E-state index >= 15 is 0 Å². The number of aromatic nitrogens is 3. The number of carboxylic acids is 1. The minimum absolute atomic E-state index is 0.100. The van der Waals surface area contributed by atoms with E-state index in [9.17, 15) is 4.79 Å². The smallest absolute Gasteiger partial charge is 0.304 e. The van der Waals surface area contributed by atoms with E-state index in [0.29, 0.717) is 6.54 Å². The lowest BCUT2D eigenvalue weighted by atomic mass is 10.2. The Morgan fingerprint density at radius 3 is 3.21 bits per heavy atom. The molecule has 1 fully saturated rings. The van der Waals surface area contributed by atoms with E-state index in [2.05, 4.69) is 21.9 Å². The molecule has 1 aromatic heterocycles. The topological polar surface area (TPSA) is 71.2 Å². The molecule has 1 atom stereocenters. The Kier molecular flexibility index (Phi) is 5.21. The van der Waals surface area contributed by atoms with Crippen LogP contribution >= 0.6 is 11.8 Å². The SMILES string of the molecule is CCCn1ncnc1CN1CCSCC1CC(=O)O. The van der Waals surface area contributed by atoms with Gasteiger partial charge in [-0.25, -0.2) is 9.67 Å². The summed E-state index contributed by atoms with van der Waals surface area (Å²) in [4.78, 5) is 17.4. The highest BCUT2D eigenvalue weighted by atomic mass is 32.2. The van der Waals surface area contributed by atoms with Crippen LogP contribution in [0.2, 0.25) is 0 Å². The minimum atomic E-state index is -0.729. The summed E-state index contributed by atoms with van der Waals surface area (Å²) in [6, 6.07) is 0.100. The van der Waals surface area contributed by atoms with Gasteiger partial charge in [-0.15, -0.1) is 0 Å². The predicted molar refractivity (Wildman–Crippen MR) is 74.1 cm³/mol. The highest BCUT2D eigenvalue weighted by Gasteiger charge is 2.26. The van der Waals surface area contributed by atoms with Gasteiger partial charge in [-0.05, 0) is 6.42 Å². The second-order valence-corrected chi connectivity index (χ2v) is 5.85. The zero-order chi connectivity index (χ0) is 13.7. The Labute approximate surface area is 117 Å². The van der Waals surface area contributed by atoms with Gasteiger partial charge in [-0.3, -0.25) is 9.69 Å². The Morgan fingerprint density at radius 1 is 1.63 bits per heavy atom. The largest absolute Gasteiger partial charge is 0.481 e. The fraction of sp³-hybridized carbons (Fsp3) is 0.750. The van der Waals surface area contributed by atoms with E-state index in [1.165, 1.54) is 0 Å². The summed E-state index contributed by atoms with van der Waals surface area (Å²) in [7, 11) is 0. The summed E-state index contributed by atoms with van der Waals surface area (Å²) in [5.41, 5.74) is 0. The maximum Gasteiger partial charge on any atom is 0.304 e. The number of hydrogen-bond acceptors (Lipinski definition) is 5. The second-order valence-electron chi connectivity index (χ2n) is 4.70. The molecule has 0 radical (unpaired) electrons. The van der Waals surface area contributed by atoms with Crippen molar-refractivity contribution >= 4 is 17.7 Å². The van der Waals surface area contributed by atoms with Crippen molar-refractivity contribution in [3.8, 4) is 0 Å². The Morgan fingerprint density at radius 2 is 2.47 bits per heavy atom. The van der Waals surface area contributed by atoms with E-state index in [4.69, 9.17) is 5.11 Å². The number of nitrogens with zero attached hydrogens (tertiary/aromatic N) is 4. The van der Waals surface area contributed by atoms with Crippen molar-refractivity contribution in [2.75, 3.05) is 18.1 Å². The van der Waals surface area contributed by atoms with Gasteiger partial charge in [0.05, 0.1) is 13.0 Å². The molecular weight excluding hydrogens is 264 g/mol. The summed E-state index contributed by atoms with van der Waals surface area (Å²) in [6.07, 6.45) is 2.80. The van der Waals surface area contributed by atoms with Crippen molar-refractivity contribution in [1.29, 1.82) is 0 Å². The summed E-state index contributed by atoms with van der Waals surface area (Å²) >= 11 is 1.83. The third-order valence-corrected chi connectivity index (χ3v) is 4.33. The molecule has 106 valence electrons. The molecule has 2 heterocycles. The predicted octanol–water partition coefficient (Wildman–Crippen LogP) is 1.08. The third-order valence-electron chi connectivity index (χ3n) is 3.24. The second kappa shape index (κ2) is 6.91. The fourth-order valence-electron chi connectivity index (χ4n) is 2.28. The molecule has 0 aromatic carbocycles. The molecule has 0 bridgehead atoms. The first kappa shape index (κ1) is 14.3. The highest BCUT2D eigenvalue weighted by molar-refractivity contribution is 7.99. The molecule has 1 aliphatic heterocycles. The number of aliphatic carboxylic acids is 1. The highest BCUT2D eigenvalue weighted by Crippen LogP contribution is 2.20. The molecule has 6 nitrogen and oxygen atoms in total. The van der Waals surface area contributed by atoms with E-state index in [1.54, 1.807) is 6.33 Å². The van der Waals surface area contributed by atoms with Crippen LogP contribution in [0, 0.1) is 0 Å². The van der Waals surface area contributed by atoms with Crippen LogP contribution in [0.25, 0.3) is 0 Å². The molecule has 1 saturated heterocycles. The average Bonchev–Trinajstić information content (AvgIpc) is 2.79. The number of aryl methyl sites for hydroxylation is 1. The number of carbonyl (C=O) groups is 1. The van der Waals surface area contributed by atoms with Gasteiger partial charge in [0, 0.05) is 30.6 Å². The molecule has 2 rings (SSSR count). The van der Waals surface area contributed by atoms with Crippen LogP contribution in [0.4, 0.5) is 0 Å². The molecule has 1 aromatic rings. The molecular formula is C12H20N4O2S. The fourth-order valence-corrected chi connectivity index (χ4v) is 3.41. The number of carboxylic acid groups (broad SMARTS) is 1. The van der Waals surface area contributed by atoms with Crippen LogP contribution < -0.4 is 0 Å². The number of rotatable bonds is 6. The van der Waals surface area contributed by atoms with Crippen molar-refractivity contribution < 1.29 is 9.90 Å². The van der Waals surface area contributed by atoms with Gasteiger partial charge in [0.2, 0.25) is 0 Å². The summed E-state index contributed by atoms with van der Waals surface area (Å²) in [5.74, 6) is 2.14. The summed E-state index contributed by atoms with van der Waals surface area (Å²) < 4.78 is 1.92. The molecule has 7 heteroatoms. The van der Waals surface area contributed by atoms with Crippen molar-refractivity contribution in [2.24, 2.45) is 0 Å². The van der Waals surface area contributed by atoms with E-state index in [1.807, 2.05) is 16.4 Å². The Balaban J connectivity index is 2.02. The average molecular weight is 284 g/mol. The summed E-state index contributed by atoms with van der Waals surface area (Å²) in [6.45, 7) is 4.58. The van der Waals surface area contributed by atoms with Crippen LogP contribution in [-0.4, -0.2) is 54.8 Å². The van der Waals surface area contributed by atoms with Crippen LogP contribution in [0.15, 0.2) is 6.33 Å². The first-order valence-corrected chi connectivity index (χ1v) is 7.76. The van der Waals surface area contributed by atoms with Crippen LogP contribution in [-0.2, 0) is 17.9 Å². The van der Waals surface area contributed by atoms with Gasteiger partial charge >= 0.3 is 5.97 Å². The molecule has 1 aliphatic rings. The number of thioether (sulfide) groups is 1. The molecule has 0 saturated carbocycles. The number of hydrogen-bond donors (Lipinski definition) is 1. The lowest BCUT2D eigenvalue weighted by Crippen LogP contribution is -2.43. The van der Waals surface area contributed by atoms with E-state index < -0.39 is 5.97 Å². The van der Waals surface area contributed by atoms with Gasteiger partial charge in [-0.1, -0.05) is 6.92 Å². The van der Waals surface area contributed by atoms with E-state index in [-0.39, 0.29) is 12.5 Å². The lowest BCUT2D eigenvalue weighted by Gasteiger charge is -2.34. The molecule has 1 N–H and O–H groups in total. The standard InChI is InChI=1S/C12H20N4O2S/c1-2-3-16-11(13-9-14-16)7-15-4-5-19-8-10(15)6-12(17)18/h9-10H,2-8H2,1H3,(H,17,18). The third kappa shape index (κ3) is 3.94. The minimum Gasteiger partial charge on any atom is -0.481 e. The van der Waals surface area contributed by atoms with Crippen LogP contribution in [0.5, 0.6) is 0 Å². The van der Waals surface area contributed by atoms with Gasteiger partial charge in [0.25, 0.3) is 0 Å². The molecule has 19 heavy (non-hydrogen) atoms. The maximum absolute atomic E-state index is 10.9. The zero-order valence-electron chi connectivity index (χ0n) is 11.2. The molecule has 0 amide bonds. The van der Waals surface area contributed by atoms with Crippen molar-refractivity contribution in [3.05, 3.63) is 12.2 Å². The normalized spacial score (nSPS) is 20.6. The molecule has 1 unspecified atom stereocenters. The van der Waals surface area contributed by atoms with Gasteiger partial charge < -0.3 is 5.11 Å². The van der Waals surface area contributed by atoms with Crippen LogP contribution in [0.1, 0.15) is 25.6 Å². The van der Waals surface area contributed by atoms with Gasteiger partial charge in [0.15, 0.2) is 0 Å². The van der Waals surface area contributed by atoms with Gasteiger partial charge in [-0.2, -0.15) is 16.9 Å². The first-order valence-electron chi connectivity index (χ1n) is 6.61. The quantitative estimate of drug-likeness (QED) is 0.843. The Hall–Kier alpha value is -1.08. The summed E-state index contributed by atoms with van der Waals surface area (Å²) in [5, 5.41) is 13.2. The molecule has 0 spiro atoms. The van der Waals surface area contributed by atoms with Crippen molar-refractivity contribution in [2.45, 2.75) is 38.9 Å². The Bertz CT molecular complexity index is 424. The van der Waals surface area contributed by atoms with E-state index in [0.717, 1.165) is 36.8 Å². The molecule has 0 aliphatic carbocycles. The van der Waals surface area contributed by atoms with Crippen LogP contribution in [0.3, 0.4) is 0 Å². The monoisotopic (exact) mass is 284 g/mol. The zero-order valence-corrected chi connectivity index (χ0v) is 12.0. The van der Waals surface area contributed by atoms with Gasteiger partial charge in [0.1, 0.15) is 12.2 Å². The maximum atomic E-state index is 10.9. The first-order chi connectivity index (χ1) is 9.20. The van der Waals surface area contributed by atoms with Crippen molar-refractivity contribution in [3.63, 3.8) is 0 Å². The van der Waals surface area contributed by atoms with Crippen molar-refractivity contribution in [1.82, 2.24) is 19.7 Å².